The second-order valence-corrected chi connectivity index (χ2v) is 4.28. The first-order chi connectivity index (χ1) is 10.8. The third-order valence-corrected chi connectivity index (χ3v) is 2.68. The summed E-state index contributed by atoms with van der Waals surface area (Å²) in [5, 5.41) is 0. The van der Waals surface area contributed by atoms with Crippen molar-refractivity contribution >= 4 is 23.7 Å². The fourth-order valence-electron chi connectivity index (χ4n) is 1.36. The van der Waals surface area contributed by atoms with Crippen molar-refractivity contribution in [1.82, 2.24) is 0 Å². The van der Waals surface area contributed by atoms with Crippen LogP contribution in [0.3, 0.4) is 0 Å². The fraction of sp³-hybridized carbons (Fsp3) is 0.250. The van der Waals surface area contributed by atoms with Gasteiger partial charge in [-0.15, -0.1) is 0 Å². The summed E-state index contributed by atoms with van der Waals surface area (Å²) in [5.74, 6) is -3.02. The predicted molar refractivity (Wildman–Crippen MR) is 81.1 cm³/mol. The van der Waals surface area contributed by atoms with Crippen molar-refractivity contribution < 1.29 is 33.4 Å². The Balaban J connectivity index is 5.39. The molecule has 0 heterocycles. The third kappa shape index (κ3) is 6.56. The van der Waals surface area contributed by atoms with Gasteiger partial charge in [-0.25, -0.2) is 14.4 Å². The van der Waals surface area contributed by atoms with Crippen molar-refractivity contribution in [3.05, 3.63) is 50.6 Å². The maximum Gasteiger partial charge on any atom is 0.330 e. The SMILES string of the molecule is C=CC(=O)OCC(COC(=O)C=C)(COC(=O)C=C)C(=O)C=C. The van der Waals surface area contributed by atoms with Crippen molar-refractivity contribution in [3.8, 4) is 0 Å². The maximum atomic E-state index is 12.2. The first kappa shape index (κ1) is 20.0. The van der Waals surface area contributed by atoms with Crippen LogP contribution in [0, 0.1) is 5.41 Å². The molecule has 0 aliphatic heterocycles. The van der Waals surface area contributed by atoms with Gasteiger partial charge in [0.15, 0.2) is 5.78 Å². The summed E-state index contributed by atoms with van der Waals surface area (Å²) in [6, 6.07) is 0. The summed E-state index contributed by atoms with van der Waals surface area (Å²) < 4.78 is 14.6. The van der Waals surface area contributed by atoms with E-state index in [0.29, 0.717) is 0 Å². The van der Waals surface area contributed by atoms with Gasteiger partial charge in [0.05, 0.1) is 0 Å². The molecule has 0 saturated carbocycles. The van der Waals surface area contributed by atoms with Crippen LogP contribution in [0.1, 0.15) is 0 Å². The highest BCUT2D eigenvalue weighted by Crippen LogP contribution is 2.22. The smallest absolute Gasteiger partial charge is 0.330 e. The summed E-state index contributed by atoms with van der Waals surface area (Å²) in [7, 11) is 0. The molecule has 0 saturated heterocycles. The average molecular weight is 322 g/mol. The van der Waals surface area contributed by atoms with Crippen molar-refractivity contribution in [2.24, 2.45) is 5.41 Å². The summed E-state index contributed by atoms with van der Waals surface area (Å²) in [5.41, 5.74) is -1.63. The van der Waals surface area contributed by atoms with Crippen molar-refractivity contribution in [2.45, 2.75) is 0 Å². The van der Waals surface area contributed by atoms with Crippen LogP contribution in [-0.4, -0.2) is 43.5 Å². The van der Waals surface area contributed by atoms with Crippen LogP contribution in [0.2, 0.25) is 0 Å². The number of hydrogen-bond donors (Lipinski definition) is 0. The molecular weight excluding hydrogens is 304 g/mol. The molecule has 0 N–H and O–H groups in total. The van der Waals surface area contributed by atoms with E-state index in [9.17, 15) is 19.2 Å². The van der Waals surface area contributed by atoms with Gasteiger partial charge in [0.2, 0.25) is 0 Å². The highest BCUT2D eigenvalue weighted by atomic mass is 16.6. The molecule has 0 aliphatic rings. The number of hydrogen-bond acceptors (Lipinski definition) is 7. The van der Waals surface area contributed by atoms with E-state index in [-0.39, 0.29) is 0 Å². The summed E-state index contributed by atoms with van der Waals surface area (Å²) in [4.78, 5) is 45.9. The topological polar surface area (TPSA) is 96.0 Å². The molecule has 124 valence electrons. The van der Waals surface area contributed by atoms with Crippen molar-refractivity contribution in [2.75, 3.05) is 19.8 Å². The molecule has 0 fully saturated rings. The Morgan fingerprint density at radius 2 is 0.957 bits per heavy atom. The first-order valence-electron chi connectivity index (χ1n) is 6.39. The maximum absolute atomic E-state index is 12.2. The fourth-order valence-corrected chi connectivity index (χ4v) is 1.36. The van der Waals surface area contributed by atoms with Gasteiger partial charge in [0.25, 0.3) is 0 Å². The number of allylic oxidation sites excluding steroid dienone is 1. The van der Waals surface area contributed by atoms with Crippen LogP contribution < -0.4 is 0 Å². The second-order valence-electron chi connectivity index (χ2n) is 4.28. The Hall–Kier alpha value is -2.96. The van der Waals surface area contributed by atoms with Gasteiger partial charge >= 0.3 is 17.9 Å². The Kier molecular flexibility index (Phi) is 8.61. The van der Waals surface area contributed by atoms with Crippen LogP contribution >= 0.6 is 0 Å². The molecule has 0 aliphatic carbocycles. The van der Waals surface area contributed by atoms with Crippen LogP contribution in [0.15, 0.2) is 50.6 Å². The largest absolute Gasteiger partial charge is 0.461 e. The lowest BCUT2D eigenvalue weighted by molar-refractivity contribution is -0.159. The second kappa shape index (κ2) is 9.88. The lowest BCUT2D eigenvalue weighted by Crippen LogP contribution is -2.45. The number of carbonyl (C=O) groups excluding carboxylic acids is 4. The van der Waals surface area contributed by atoms with Gasteiger partial charge in [0, 0.05) is 18.2 Å². The monoisotopic (exact) mass is 322 g/mol. The highest BCUT2D eigenvalue weighted by molar-refractivity contribution is 5.95. The first-order valence-corrected chi connectivity index (χ1v) is 6.39. The minimum atomic E-state index is -1.63. The van der Waals surface area contributed by atoms with Crippen LogP contribution in [0.5, 0.6) is 0 Å². The number of rotatable bonds is 11. The van der Waals surface area contributed by atoms with Gasteiger partial charge in [0.1, 0.15) is 25.2 Å². The molecule has 0 aromatic heterocycles. The molecule has 0 aromatic rings. The molecule has 0 unspecified atom stereocenters. The van der Waals surface area contributed by atoms with Crippen LogP contribution in [0.25, 0.3) is 0 Å². The molecule has 0 atom stereocenters. The van der Waals surface area contributed by atoms with E-state index in [1.807, 2.05) is 0 Å². The zero-order chi connectivity index (χ0) is 17.9. The van der Waals surface area contributed by atoms with Crippen molar-refractivity contribution in [1.29, 1.82) is 0 Å². The van der Waals surface area contributed by atoms with Gasteiger partial charge in [-0.2, -0.15) is 0 Å². The molecule has 0 aromatic carbocycles. The van der Waals surface area contributed by atoms with E-state index < -0.39 is 48.9 Å². The van der Waals surface area contributed by atoms with E-state index >= 15 is 0 Å². The number of carbonyl (C=O) groups is 4. The zero-order valence-electron chi connectivity index (χ0n) is 12.6. The zero-order valence-corrected chi connectivity index (χ0v) is 12.6. The van der Waals surface area contributed by atoms with E-state index in [1.54, 1.807) is 0 Å². The molecule has 0 amide bonds. The number of ether oxygens (including phenoxy) is 3. The molecule has 7 nitrogen and oxygen atoms in total. The van der Waals surface area contributed by atoms with Gasteiger partial charge in [-0.3, -0.25) is 4.79 Å². The van der Waals surface area contributed by atoms with Crippen LogP contribution in [0.4, 0.5) is 0 Å². The Bertz CT molecular complexity index is 471. The minimum Gasteiger partial charge on any atom is -0.461 e. The molecule has 0 rings (SSSR count). The molecular formula is C16H18O7. The molecule has 7 heteroatoms. The van der Waals surface area contributed by atoms with E-state index in [2.05, 4.69) is 26.3 Å². The minimum absolute atomic E-state index is 0.502. The van der Waals surface area contributed by atoms with Gasteiger partial charge in [-0.05, 0) is 6.08 Å². The molecule has 0 bridgehead atoms. The Labute approximate surface area is 133 Å². The molecule has 0 spiro atoms. The number of esters is 3. The number of ketones is 1. The van der Waals surface area contributed by atoms with Crippen LogP contribution in [-0.2, 0) is 33.4 Å². The van der Waals surface area contributed by atoms with E-state index in [0.717, 1.165) is 24.3 Å². The predicted octanol–water partition coefficient (Wildman–Crippen LogP) is 0.915. The van der Waals surface area contributed by atoms with E-state index in [1.165, 1.54) is 0 Å². The normalized spacial score (nSPS) is 9.91. The molecule has 23 heavy (non-hydrogen) atoms. The lowest BCUT2D eigenvalue weighted by Gasteiger charge is -2.29. The molecule has 0 radical (unpaired) electrons. The van der Waals surface area contributed by atoms with Gasteiger partial charge in [-0.1, -0.05) is 26.3 Å². The quantitative estimate of drug-likeness (QED) is 0.317. The Morgan fingerprint density at radius 1 is 0.652 bits per heavy atom. The summed E-state index contributed by atoms with van der Waals surface area (Å²) in [6.45, 7) is 11.5. The average Bonchev–Trinajstić information content (AvgIpc) is 2.59. The standard InChI is InChI=1S/C16H18O7/c1-5-12(17)16(9-21-13(18)6-2,10-22-14(19)7-3)11-23-15(20)8-4/h5-8H,1-4,9-11H2. The van der Waals surface area contributed by atoms with Crippen molar-refractivity contribution in [3.63, 3.8) is 0 Å². The highest BCUT2D eigenvalue weighted by Gasteiger charge is 2.41. The van der Waals surface area contributed by atoms with E-state index in [4.69, 9.17) is 14.2 Å². The van der Waals surface area contributed by atoms with Gasteiger partial charge < -0.3 is 14.2 Å². The lowest BCUT2D eigenvalue weighted by atomic mass is 9.85. The third-order valence-electron chi connectivity index (χ3n) is 2.68. The Morgan fingerprint density at radius 3 is 1.17 bits per heavy atom. The summed E-state index contributed by atoms with van der Waals surface area (Å²) >= 11 is 0. The summed E-state index contributed by atoms with van der Waals surface area (Å²) in [6.07, 6.45) is 3.64.